The minimum Gasteiger partial charge on any atom is -0.484 e. The quantitative estimate of drug-likeness (QED) is 0.771. The Bertz CT molecular complexity index is 741. The maximum Gasteiger partial charge on any atom is 0.416 e. The zero-order chi connectivity index (χ0) is 19.3. The number of hydrogen-bond donors (Lipinski definition) is 2. The van der Waals surface area contributed by atoms with E-state index in [2.05, 4.69) is 5.32 Å². The van der Waals surface area contributed by atoms with E-state index >= 15 is 0 Å². The summed E-state index contributed by atoms with van der Waals surface area (Å²) in [5.41, 5.74) is -0.809. The van der Waals surface area contributed by atoms with Crippen LogP contribution in [0, 0.1) is 0 Å². The van der Waals surface area contributed by atoms with Crippen molar-refractivity contribution < 1.29 is 32.0 Å². The molecule has 1 aromatic heterocycles. The van der Waals surface area contributed by atoms with Gasteiger partial charge >= 0.3 is 6.18 Å². The van der Waals surface area contributed by atoms with Gasteiger partial charge in [-0.1, -0.05) is 6.07 Å². The van der Waals surface area contributed by atoms with Crippen LogP contribution in [-0.4, -0.2) is 32.1 Å². The number of benzene rings is 1. The summed E-state index contributed by atoms with van der Waals surface area (Å²) in [6, 6.07) is 8.20. The van der Waals surface area contributed by atoms with Crippen LogP contribution < -0.4 is 15.0 Å². The average Bonchev–Trinajstić information content (AvgIpc) is 3.34. The fourth-order valence-electron chi connectivity index (χ4n) is 3.29. The molecular weight excluding hydrogens is 361 g/mol. The first kappa shape index (κ1) is 19.3. The van der Waals surface area contributed by atoms with Gasteiger partial charge in [-0.25, -0.2) is 0 Å². The molecule has 2 N–H and O–H groups in total. The number of halogens is 3. The smallest absolute Gasteiger partial charge is 0.416 e. The number of carbonyl (C=O) groups is 1. The summed E-state index contributed by atoms with van der Waals surface area (Å²) in [7, 11) is 0. The van der Waals surface area contributed by atoms with E-state index in [1.165, 1.54) is 17.0 Å². The van der Waals surface area contributed by atoms with E-state index < -0.39 is 11.7 Å². The molecule has 1 aliphatic heterocycles. The number of rotatable bonds is 7. The van der Waals surface area contributed by atoms with Crippen molar-refractivity contribution in [3.8, 4) is 5.75 Å². The lowest BCUT2D eigenvalue weighted by atomic mass is 10.2. The van der Waals surface area contributed by atoms with Crippen LogP contribution in [-0.2, 0) is 11.0 Å². The highest BCUT2D eigenvalue weighted by atomic mass is 19.4. The predicted molar refractivity (Wildman–Crippen MR) is 91.3 cm³/mol. The average molecular weight is 383 g/mol. The van der Waals surface area contributed by atoms with Crippen molar-refractivity contribution in [2.45, 2.75) is 25.1 Å². The molecule has 0 spiro atoms. The van der Waals surface area contributed by atoms with Gasteiger partial charge in [-0.3, -0.25) is 4.79 Å². The number of ether oxygens (including phenoxy) is 1. The second-order valence-corrected chi connectivity index (χ2v) is 6.55. The molecule has 1 amide bonds. The monoisotopic (exact) mass is 383 g/mol. The van der Waals surface area contributed by atoms with E-state index in [0.29, 0.717) is 6.54 Å². The van der Waals surface area contributed by atoms with Crippen molar-refractivity contribution in [2.24, 2.45) is 0 Å². The van der Waals surface area contributed by atoms with Gasteiger partial charge in [-0.15, -0.1) is 0 Å². The van der Waals surface area contributed by atoms with Crippen LogP contribution in [0.25, 0.3) is 0 Å². The lowest BCUT2D eigenvalue weighted by molar-refractivity contribution is -0.919. The first-order valence-electron chi connectivity index (χ1n) is 8.88. The van der Waals surface area contributed by atoms with Crippen LogP contribution in [0.3, 0.4) is 0 Å². The molecule has 0 radical (unpaired) electrons. The van der Waals surface area contributed by atoms with Crippen molar-refractivity contribution in [1.82, 2.24) is 5.32 Å². The predicted octanol–water partition coefficient (Wildman–Crippen LogP) is 2.21. The molecule has 8 heteroatoms. The Morgan fingerprint density at radius 1 is 1.22 bits per heavy atom. The molecule has 0 unspecified atom stereocenters. The summed E-state index contributed by atoms with van der Waals surface area (Å²) >= 11 is 0. The van der Waals surface area contributed by atoms with Gasteiger partial charge in [0.15, 0.2) is 18.4 Å². The summed E-state index contributed by atoms with van der Waals surface area (Å²) in [5.74, 6) is 0.432. The van der Waals surface area contributed by atoms with Gasteiger partial charge in [0.2, 0.25) is 0 Å². The van der Waals surface area contributed by atoms with Crippen LogP contribution in [0.5, 0.6) is 5.75 Å². The number of likely N-dealkylation sites (tertiary alicyclic amines) is 1. The van der Waals surface area contributed by atoms with Gasteiger partial charge in [-0.05, 0) is 30.3 Å². The fraction of sp³-hybridized carbons (Fsp3) is 0.421. The molecule has 1 aromatic carbocycles. The van der Waals surface area contributed by atoms with Gasteiger partial charge in [0.25, 0.3) is 5.91 Å². The number of carbonyl (C=O) groups excluding carboxylic acids is 1. The van der Waals surface area contributed by atoms with E-state index in [4.69, 9.17) is 9.15 Å². The van der Waals surface area contributed by atoms with Gasteiger partial charge < -0.3 is 19.4 Å². The Morgan fingerprint density at radius 2 is 2.00 bits per heavy atom. The molecule has 2 heterocycles. The van der Waals surface area contributed by atoms with Crippen molar-refractivity contribution in [3.05, 3.63) is 54.0 Å². The van der Waals surface area contributed by atoms with E-state index in [1.807, 2.05) is 12.1 Å². The molecule has 3 rings (SSSR count). The normalized spacial score (nSPS) is 16.3. The van der Waals surface area contributed by atoms with Crippen LogP contribution in [0.2, 0.25) is 0 Å². The van der Waals surface area contributed by atoms with Crippen LogP contribution in [0.15, 0.2) is 47.1 Å². The molecule has 1 fully saturated rings. The molecular formula is C19H22F3N2O3+. The Kier molecular flexibility index (Phi) is 6.05. The van der Waals surface area contributed by atoms with Crippen molar-refractivity contribution in [2.75, 3.05) is 26.2 Å². The molecule has 27 heavy (non-hydrogen) atoms. The highest BCUT2D eigenvalue weighted by Crippen LogP contribution is 2.31. The highest BCUT2D eigenvalue weighted by Gasteiger charge is 2.31. The van der Waals surface area contributed by atoms with Crippen LogP contribution >= 0.6 is 0 Å². The Balaban J connectivity index is 1.53. The van der Waals surface area contributed by atoms with Crippen molar-refractivity contribution in [3.63, 3.8) is 0 Å². The van der Waals surface area contributed by atoms with Gasteiger partial charge in [0, 0.05) is 12.8 Å². The van der Waals surface area contributed by atoms with E-state index in [9.17, 15) is 18.0 Å². The maximum atomic E-state index is 12.7. The third-order valence-corrected chi connectivity index (χ3v) is 4.66. The molecule has 5 nitrogen and oxygen atoms in total. The topological polar surface area (TPSA) is 55.9 Å². The first-order valence-corrected chi connectivity index (χ1v) is 8.88. The minimum absolute atomic E-state index is 0.00716. The Morgan fingerprint density at radius 3 is 2.67 bits per heavy atom. The number of alkyl halides is 3. The number of quaternary nitrogens is 1. The van der Waals surface area contributed by atoms with Gasteiger partial charge in [0.1, 0.15) is 5.75 Å². The van der Waals surface area contributed by atoms with Crippen LogP contribution in [0.1, 0.15) is 30.2 Å². The number of furan rings is 1. The maximum absolute atomic E-state index is 12.7. The Hall–Kier alpha value is -2.48. The molecule has 1 atom stereocenters. The number of hydrogen-bond acceptors (Lipinski definition) is 3. The zero-order valence-corrected chi connectivity index (χ0v) is 14.7. The summed E-state index contributed by atoms with van der Waals surface area (Å²) in [6.45, 7) is 2.07. The molecule has 2 aromatic rings. The second-order valence-electron chi connectivity index (χ2n) is 6.55. The minimum atomic E-state index is -4.45. The lowest BCUT2D eigenvalue weighted by Crippen LogP contribution is -3.11. The third-order valence-electron chi connectivity index (χ3n) is 4.66. The van der Waals surface area contributed by atoms with Gasteiger partial charge in [-0.2, -0.15) is 13.2 Å². The summed E-state index contributed by atoms with van der Waals surface area (Å²) in [6.07, 6.45) is -0.564. The largest absolute Gasteiger partial charge is 0.484 e. The van der Waals surface area contributed by atoms with Crippen molar-refractivity contribution >= 4 is 5.91 Å². The molecule has 0 saturated carbocycles. The summed E-state index contributed by atoms with van der Waals surface area (Å²) in [4.78, 5) is 13.4. The summed E-state index contributed by atoms with van der Waals surface area (Å²) < 4.78 is 48.9. The molecule has 0 bridgehead atoms. The van der Waals surface area contributed by atoms with E-state index in [-0.39, 0.29) is 24.3 Å². The summed E-state index contributed by atoms with van der Waals surface area (Å²) in [5, 5.41) is 2.80. The van der Waals surface area contributed by atoms with Crippen molar-refractivity contribution in [1.29, 1.82) is 0 Å². The zero-order valence-electron chi connectivity index (χ0n) is 14.7. The Labute approximate surface area is 155 Å². The number of amides is 1. The highest BCUT2D eigenvalue weighted by molar-refractivity contribution is 5.77. The molecule has 1 aliphatic rings. The lowest BCUT2D eigenvalue weighted by Gasteiger charge is -2.23. The SMILES string of the molecule is O=C(COc1cccc(C(F)(F)F)c1)NC[C@@H](c1ccco1)[NH+]1CCCC1. The van der Waals surface area contributed by atoms with E-state index in [0.717, 1.165) is 43.8 Å². The van der Waals surface area contributed by atoms with Gasteiger partial charge in [0.05, 0.1) is 31.5 Å². The first-order chi connectivity index (χ1) is 12.9. The van der Waals surface area contributed by atoms with Crippen LogP contribution in [0.4, 0.5) is 13.2 Å². The fourth-order valence-corrected chi connectivity index (χ4v) is 3.29. The molecule has 146 valence electrons. The standard InChI is InChI=1S/C19H21F3N2O3/c20-19(21,22)14-5-3-6-15(11-14)27-13-18(25)23-12-16(17-7-4-10-26-17)24-8-1-2-9-24/h3-7,10-11,16H,1-2,8-9,12-13H2,(H,23,25)/p+1/t16-/m0/s1. The molecule has 0 aliphatic carbocycles. The third kappa shape index (κ3) is 5.26. The number of nitrogens with one attached hydrogen (secondary N) is 2. The van der Waals surface area contributed by atoms with E-state index in [1.54, 1.807) is 6.26 Å². The second kappa shape index (κ2) is 8.47. The molecule has 1 saturated heterocycles.